The molecule has 1 heterocycles. The van der Waals surface area contributed by atoms with Gasteiger partial charge in [0.2, 0.25) is 5.91 Å². The normalized spacial score (nSPS) is 17.1. The summed E-state index contributed by atoms with van der Waals surface area (Å²) in [6.07, 6.45) is 1.92. The highest BCUT2D eigenvalue weighted by atomic mass is 16.5. The summed E-state index contributed by atoms with van der Waals surface area (Å²) in [4.78, 5) is 20.3. The minimum atomic E-state index is -0.183. The number of hydrogen-bond acceptors (Lipinski definition) is 4. The number of nitrogens with two attached hydrogens (primary N) is 1. The lowest BCUT2D eigenvalue weighted by atomic mass is 9.97. The van der Waals surface area contributed by atoms with E-state index in [0.717, 1.165) is 50.7 Å². The summed E-state index contributed by atoms with van der Waals surface area (Å²) in [6, 6.07) is 18.4. The van der Waals surface area contributed by atoms with Gasteiger partial charge >= 0.3 is 0 Å². The number of para-hydroxylation sites is 1. The highest BCUT2D eigenvalue weighted by Crippen LogP contribution is 2.19. The summed E-state index contributed by atoms with van der Waals surface area (Å²) >= 11 is 0. The van der Waals surface area contributed by atoms with Gasteiger partial charge in [-0.25, -0.2) is 0 Å². The lowest BCUT2D eigenvalue weighted by Gasteiger charge is -2.31. The van der Waals surface area contributed by atoms with Gasteiger partial charge in [0.1, 0.15) is 12.4 Å². The van der Waals surface area contributed by atoms with Gasteiger partial charge in [-0.05, 0) is 42.6 Å². The maximum Gasteiger partial charge on any atom is 0.221 e. The molecule has 0 spiro atoms. The molecule has 3 rings (SSSR count). The monoisotopic (exact) mass is 437 g/mol. The van der Waals surface area contributed by atoms with Crippen LogP contribution in [0.4, 0.5) is 0 Å². The first-order valence-electron chi connectivity index (χ1n) is 11.2. The first-order chi connectivity index (χ1) is 15.5. The zero-order valence-corrected chi connectivity index (χ0v) is 19.2. The fourth-order valence-electron chi connectivity index (χ4n) is 4.02. The Bertz CT molecular complexity index is 887. The van der Waals surface area contributed by atoms with Crippen LogP contribution in [0.2, 0.25) is 0 Å². The van der Waals surface area contributed by atoms with E-state index in [0.29, 0.717) is 13.2 Å². The van der Waals surface area contributed by atoms with Crippen LogP contribution in [-0.2, 0) is 17.9 Å². The Morgan fingerprint density at radius 2 is 2.00 bits per heavy atom. The molecule has 0 saturated carbocycles. The average molecular weight is 438 g/mol. The Morgan fingerprint density at radius 3 is 2.75 bits per heavy atom. The molecule has 3 N–H and O–H groups in total. The Labute approximate surface area is 191 Å². The topological polar surface area (TPSA) is 83.2 Å². The molecule has 0 bridgehead atoms. The molecular weight excluding hydrogens is 402 g/mol. The van der Waals surface area contributed by atoms with Crippen LogP contribution in [0.15, 0.2) is 59.6 Å². The summed E-state index contributed by atoms with van der Waals surface area (Å²) in [7, 11) is 3.80. The van der Waals surface area contributed by atoms with Crippen molar-refractivity contribution in [3.8, 4) is 5.75 Å². The predicted octanol–water partition coefficient (Wildman–Crippen LogP) is 2.47. The van der Waals surface area contributed by atoms with Crippen molar-refractivity contribution < 1.29 is 9.53 Å². The van der Waals surface area contributed by atoms with Crippen molar-refractivity contribution in [3.63, 3.8) is 0 Å². The molecule has 172 valence electrons. The number of aliphatic imine (C=N–C) groups is 1. The molecule has 1 saturated heterocycles. The van der Waals surface area contributed by atoms with Gasteiger partial charge < -0.3 is 20.7 Å². The molecule has 1 amide bonds. The van der Waals surface area contributed by atoms with Crippen molar-refractivity contribution in [1.82, 2.24) is 15.1 Å². The number of primary amides is 1. The SMILES string of the molecule is CN=C(NCc1cccc(CN2CCCC(C(N)=O)C2)c1)N(C)CCOc1ccccc1. The summed E-state index contributed by atoms with van der Waals surface area (Å²) in [5.41, 5.74) is 7.96. The Hall–Kier alpha value is -3.06. The number of likely N-dealkylation sites (tertiary alicyclic amines) is 1. The second kappa shape index (κ2) is 12.1. The average Bonchev–Trinajstić information content (AvgIpc) is 2.80. The molecule has 0 aliphatic carbocycles. The summed E-state index contributed by atoms with van der Waals surface area (Å²) in [6.45, 7) is 4.59. The zero-order chi connectivity index (χ0) is 22.8. The van der Waals surface area contributed by atoms with Crippen LogP contribution in [0.25, 0.3) is 0 Å². The molecular formula is C25H35N5O2. The molecule has 7 nitrogen and oxygen atoms in total. The number of ether oxygens (including phenoxy) is 1. The second-order valence-electron chi connectivity index (χ2n) is 8.28. The van der Waals surface area contributed by atoms with Gasteiger partial charge in [0.05, 0.1) is 12.5 Å². The third-order valence-corrected chi connectivity index (χ3v) is 5.77. The van der Waals surface area contributed by atoms with E-state index < -0.39 is 0 Å². The van der Waals surface area contributed by atoms with E-state index >= 15 is 0 Å². The molecule has 0 aromatic heterocycles. The molecule has 1 atom stereocenters. The molecule has 2 aromatic carbocycles. The van der Waals surface area contributed by atoms with E-state index in [4.69, 9.17) is 10.5 Å². The van der Waals surface area contributed by atoms with Gasteiger partial charge in [0.15, 0.2) is 5.96 Å². The number of benzene rings is 2. The number of amides is 1. The van der Waals surface area contributed by atoms with Crippen molar-refractivity contribution in [2.45, 2.75) is 25.9 Å². The Morgan fingerprint density at radius 1 is 1.22 bits per heavy atom. The van der Waals surface area contributed by atoms with Crippen LogP contribution in [-0.4, -0.2) is 62.0 Å². The van der Waals surface area contributed by atoms with Gasteiger partial charge in [0, 0.05) is 33.7 Å². The highest BCUT2D eigenvalue weighted by Gasteiger charge is 2.23. The van der Waals surface area contributed by atoms with Gasteiger partial charge in [-0.1, -0.05) is 42.5 Å². The number of nitrogens with one attached hydrogen (secondary N) is 1. The summed E-state index contributed by atoms with van der Waals surface area (Å²) in [5, 5.41) is 3.43. The molecule has 1 aliphatic heterocycles. The number of hydrogen-bond donors (Lipinski definition) is 2. The fourth-order valence-corrected chi connectivity index (χ4v) is 4.02. The van der Waals surface area contributed by atoms with E-state index in [1.807, 2.05) is 37.4 Å². The number of carbonyl (C=O) groups excluding carboxylic acids is 1. The number of rotatable bonds is 9. The molecule has 2 aromatic rings. The highest BCUT2D eigenvalue weighted by molar-refractivity contribution is 5.79. The standard InChI is InChI=1S/C25H35N5O2/c1-27-25(29(2)14-15-32-23-11-4-3-5-12-23)28-17-20-8-6-9-21(16-20)18-30-13-7-10-22(19-30)24(26)31/h3-6,8-9,11-12,16,22H,7,10,13-15,17-19H2,1-2H3,(H2,26,31)(H,27,28). The van der Waals surface area contributed by atoms with Gasteiger partial charge in [-0.3, -0.25) is 14.7 Å². The first kappa shape index (κ1) is 23.6. The first-order valence-corrected chi connectivity index (χ1v) is 11.2. The molecule has 1 fully saturated rings. The molecule has 32 heavy (non-hydrogen) atoms. The van der Waals surface area contributed by atoms with Crippen molar-refractivity contribution in [3.05, 3.63) is 65.7 Å². The van der Waals surface area contributed by atoms with E-state index in [-0.39, 0.29) is 11.8 Å². The van der Waals surface area contributed by atoms with Crippen molar-refractivity contribution >= 4 is 11.9 Å². The minimum absolute atomic E-state index is 0.0293. The number of nitrogens with zero attached hydrogens (tertiary/aromatic N) is 3. The van der Waals surface area contributed by atoms with Crippen molar-refractivity contribution in [1.29, 1.82) is 0 Å². The summed E-state index contributed by atoms with van der Waals surface area (Å²) in [5.74, 6) is 1.49. The van der Waals surface area contributed by atoms with Crippen LogP contribution in [0.3, 0.4) is 0 Å². The second-order valence-corrected chi connectivity index (χ2v) is 8.28. The predicted molar refractivity (Wildman–Crippen MR) is 128 cm³/mol. The number of piperidine rings is 1. The third-order valence-electron chi connectivity index (χ3n) is 5.77. The largest absolute Gasteiger partial charge is 0.492 e. The van der Waals surface area contributed by atoms with Gasteiger partial charge in [0.25, 0.3) is 0 Å². The lowest BCUT2D eigenvalue weighted by molar-refractivity contribution is -0.123. The molecule has 7 heteroatoms. The maximum absolute atomic E-state index is 11.5. The third kappa shape index (κ3) is 7.27. The number of guanidine groups is 1. The van der Waals surface area contributed by atoms with Gasteiger partial charge in [-0.15, -0.1) is 0 Å². The quantitative estimate of drug-likeness (QED) is 0.465. The van der Waals surface area contributed by atoms with E-state index in [9.17, 15) is 4.79 Å². The van der Waals surface area contributed by atoms with Crippen LogP contribution in [0.5, 0.6) is 5.75 Å². The molecule has 1 unspecified atom stereocenters. The smallest absolute Gasteiger partial charge is 0.221 e. The Balaban J connectivity index is 1.47. The maximum atomic E-state index is 11.5. The Kier molecular flexibility index (Phi) is 8.92. The van der Waals surface area contributed by atoms with E-state index in [1.54, 1.807) is 7.05 Å². The van der Waals surface area contributed by atoms with Crippen LogP contribution >= 0.6 is 0 Å². The number of carbonyl (C=O) groups is 1. The summed E-state index contributed by atoms with van der Waals surface area (Å²) < 4.78 is 5.79. The van der Waals surface area contributed by atoms with Crippen LogP contribution in [0, 0.1) is 5.92 Å². The molecule has 0 radical (unpaired) electrons. The minimum Gasteiger partial charge on any atom is -0.492 e. The van der Waals surface area contributed by atoms with Crippen LogP contribution in [0.1, 0.15) is 24.0 Å². The van der Waals surface area contributed by atoms with Crippen LogP contribution < -0.4 is 15.8 Å². The van der Waals surface area contributed by atoms with E-state index in [2.05, 4.69) is 44.4 Å². The van der Waals surface area contributed by atoms with Gasteiger partial charge in [-0.2, -0.15) is 0 Å². The van der Waals surface area contributed by atoms with Crippen molar-refractivity contribution in [2.24, 2.45) is 16.6 Å². The lowest BCUT2D eigenvalue weighted by Crippen LogP contribution is -2.41. The van der Waals surface area contributed by atoms with E-state index in [1.165, 1.54) is 11.1 Å². The number of likely N-dealkylation sites (N-methyl/N-ethyl adjacent to an activating group) is 1. The fraction of sp³-hybridized carbons (Fsp3) is 0.440. The molecule has 1 aliphatic rings. The van der Waals surface area contributed by atoms with Crippen molar-refractivity contribution in [2.75, 3.05) is 40.3 Å². The zero-order valence-electron chi connectivity index (χ0n) is 19.2.